The smallest absolute Gasteiger partial charge is 0.397 e. The molecule has 0 radical (unpaired) electrons. The molecule has 0 unspecified atom stereocenters. The fourth-order valence-corrected chi connectivity index (χ4v) is 3.92. The van der Waals surface area contributed by atoms with Gasteiger partial charge in [-0.05, 0) is 39.0 Å². The maximum absolute atomic E-state index is 12.6. The Morgan fingerprint density at radius 3 is 2.00 bits per heavy atom. The Morgan fingerprint density at radius 1 is 1.06 bits per heavy atom. The number of carbonyl (C=O) groups excluding carboxylic acids is 5. The zero-order chi connectivity index (χ0) is 27.6. The second-order valence-corrected chi connectivity index (χ2v) is 9.69. The number of ether oxygens (including phenoxy) is 2. The van der Waals surface area contributed by atoms with E-state index in [-0.39, 0.29) is 22.4 Å². The number of rotatable bonds is 4. The normalized spacial score (nSPS) is 11.9. The van der Waals surface area contributed by atoms with Gasteiger partial charge in [0.15, 0.2) is 0 Å². The molecule has 196 valence electrons. The number of fused-ring (bicyclic) bond motifs is 1. The number of halogens is 2. The highest BCUT2D eigenvalue weighted by molar-refractivity contribution is 7.16. The van der Waals surface area contributed by atoms with Crippen LogP contribution in [0.5, 0.6) is 0 Å². The van der Waals surface area contributed by atoms with Crippen molar-refractivity contribution >= 4 is 69.2 Å². The lowest BCUT2D eigenvalue weighted by atomic mass is 10.1. The maximum atomic E-state index is 12.6. The molecule has 2 aromatic rings. The van der Waals surface area contributed by atoms with E-state index >= 15 is 0 Å². The van der Waals surface area contributed by atoms with Gasteiger partial charge in [0.2, 0.25) is 0 Å². The molecule has 1 aromatic carbocycles. The van der Waals surface area contributed by atoms with Gasteiger partial charge in [0.1, 0.15) is 10.6 Å². The molecule has 3 amide bonds. The largest absolute Gasteiger partial charge is 0.465 e. The zero-order valence-corrected chi connectivity index (χ0v) is 22.3. The molecule has 0 bridgehead atoms. The van der Waals surface area contributed by atoms with Crippen molar-refractivity contribution in [2.75, 3.05) is 17.8 Å². The number of esters is 2. The molecule has 1 aromatic heterocycles. The first-order valence-corrected chi connectivity index (χ1v) is 12.0. The monoisotopic (exact) mass is 560 g/mol. The van der Waals surface area contributed by atoms with E-state index < -0.39 is 35.3 Å². The summed E-state index contributed by atoms with van der Waals surface area (Å²) < 4.78 is 9.75. The molecule has 0 saturated heterocycles. The SMILES string of the molecule is COC(=O)c1cc(CN2C(=O)c3ccccc3C2=O)sc1NC(=O)C(=O)OC(C)(C)C.ClCCl.NN. The van der Waals surface area contributed by atoms with E-state index in [0.29, 0.717) is 16.0 Å². The second kappa shape index (κ2) is 13.9. The highest BCUT2D eigenvalue weighted by Gasteiger charge is 2.36. The number of hydrogen-bond donors (Lipinski definition) is 3. The highest BCUT2D eigenvalue weighted by Crippen LogP contribution is 2.32. The Morgan fingerprint density at radius 2 is 1.56 bits per heavy atom. The number of nitrogens with one attached hydrogen (secondary N) is 1. The molecule has 0 saturated carbocycles. The number of nitrogens with zero attached hydrogens (tertiary/aromatic N) is 1. The van der Waals surface area contributed by atoms with Crippen molar-refractivity contribution in [2.45, 2.75) is 32.9 Å². The third kappa shape index (κ3) is 8.00. The number of nitrogens with two attached hydrogens (primary N) is 2. The zero-order valence-electron chi connectivity index (χ0n) is 19.9. The molecule has 2 heterocycles. The minimum absolute atomic E-state index is 0.00369. The maximum Gasteiger partial charge on any atom is 0.397 e. The van der Waals surface area contributed by atoms with Crippen LogP contribution in [0.4, 0.5) is 5.00 Å². The molecular weight excluding hydrogens is 535 g/mol. The molecule has 1 aliphatic rings. The van der Waals surface area contributed by atoms with Crippen molar-refractivity contribution in [2.24, 2.45) is 11.7 Å². The van der Waals surface area contributed by atoms with Crippen LogP contribution in [-0.4, -0.2) is 52.6 Å². The van der Waals surface area contributed by atoms with E-state index in [1.807, 2.05) is 0 Å². The summed E-state index contributed by atoms with van der Waals surface area (Å²) in [7, 11) is 1.17. The molecule has 0 aliphatic carbocycles. The standard InChI is InChI=1S/C21H20N2O7S.CH2Cl2.H4N2/c1-21(2,3)30-20(28)15(24)22-16-14(19(27)29-4)9-11(31-16)10-23-17(25)12-7-5-6-8-13(12)18(23)26;2-1-3;1-2/h5-9H,10H2,1-4H3,(H,22,24);1H2;1-2H2. The Hall–Kier alpha value is -3.03. The number of benzene rings is 1. The summed E-state index contributed by atoms with van der Waals surface area (Å²) in [6.07, 6.45) is 0. The molecule has 3 rings (SSSR count). The third-order valence-corrected chi connectivity index (χ3v) is 5.23. The van der Waals surface area contributed by atoms with Crippen LogP contribution in [0.2, 0.25) is 0 Å². The van der Waals surface area contributed by atoms with Crippen molar-refractivity contribution in [3.05, 3.63) is 51.9 Å². The molecule has 0 spiro atoms. The van der Waals surface area contributed by atoms with Crippen molar-refractivity contribution in [1.82, 2.24) is 4.90 Å². The van der Waals surface area contributed by atoms with E-state index in [2.05, 4.69) is 17.0 Å². The number of thiophene rings is 1. The Kier molecular flexibility index (Phi) is 12.0. The average molecular weight is 561 g/mol. The van der Waals surface area contributed by atoms with Crippen LogP contribution in [0.25, 0.3) is 0 Å². The minimum atomic E-state index is -1.11. The van der Waals surface area contributed by atoms with Crippen LogP contribution in [0.1, 0.15) is 56.7 Å². The Balaban J connectivity index is 0.00000120. The number of hydrazine groups is 1. The first kappa shape index (κ1) is 31.0. The molecule has 11 nitrogen and oxygen atoms in total. The average Bonchev–Trinajstić information content (AvgIpc) is 3.33. The van der Waals surface area contributed by atoms with Gasteiger partial charge in [-0.25, -0.2) is 9.59 Å². The van der Waals surface area contributed by atoms with Crippen LogP contribution in [0.3, 0.4) is 0 Å². The van der Waals surface area contributed by atoms with Crippen molar-refractivity contribution in [3.63, 3.8) is 0 Å². The quantitative estimate of drug-likeness (QED) is 0.127. The van der Waals surface area contributed by atoms with E-state index in [1.165, 1.54) is 13.2 Å². The molecule has 14 heteroatoms. The van der Waals surface area contributed by atoms with Gasteiger partial charge in [-0.2, -0.15) is 0 Å². The second-order valence-electron chi connectivity index (χ2n) is 7.75. The predicted molar refractivity (Wildman–Crippen MR) is 136 cm³/mol. The van der Waals surface area contributed by atoms with Crippen molar-refractivity contribution < 1.29 is 33.4 Å². The number of carbonyl (C=O) groups is 5. The van der Waals surface area contributed by atoms with Crippen LogP contribution in [-0.2, 0) is 25.6 Å². The molecule has 36 heavy (non-hydrogen) atoms. The fraction of sp³-hybridized carbons (Fsp3) is 0.318. The lowest BCUT2D eigenvalue weighted by molar-refractivity contribution is -0.161. The summed E-state index contributed by atoms with van der Waals surface area (Å²) in [5.74, 6) is 4.18. The van der Waals surface area contributed by atoms with Gasteiger partial charge in [-0.15, -0.1) is 34.5 Å². The molecular formula is C22H26Cl2N4O7S. The Labute approximate surface area is 221 Å². The summed E-state index contributed by atoms with van der Waals surface area (Å²) in [5.41, 5.74) is -0.270. The van der Waals surface area contributed by atoms with Gasteiger partial charge in [-0.1, -0.05) is 12.1 Å². The minimum Gasteiger partial charge on any atom is -0.465 e. The number of methoxy groups -OCH3 is 1. The summed E-state index contributed by atoms with van der Waals surface area (Å²) in [5, 5.41) is 2.59. The van der Waals surface area contributed by atoms with Crippen LogP contribution in [0.15, 0.2) is 30.3 Å². The molecule has 0 fully saturated rings. The topological polar surface area (TPSA) is 171 Å². The summed E-state index contributed by atoms with van der Waals surface area (Å²) >= 11 is 10.5. The first-order valence-electron chi connectivity index (χ1n) is 10.1. The summed E-state index contributed by atoms with van der Waals surface area (Å²) in [6.45, 7) is 4.74. The van der Waals surface area contributed by atoms with E-state index in [4.69, 9.17) is 32.7 Å². The predicted octanol–water partition coefficient (Wildman–Crippen LogP) is 2.85. The van der Waals surface area contributed by atoms with Gasteiger partial charge in [0.25, 0.3) is 11.8 Å². The lowest BCUT2D eigenvalue weighted by Gasteiger charge is -2.18. The van der Waals surface area contributed by atoms with Crippen LogP contribution >= 0.6 is 34.5 Å². The lowest BCUT2D eigenvalue weighted by Crippen LogP contribution is -2.32. The number of hydrogen-bond acceptors (Lipinski definition) is 10. The first-order chi connectivity index (χ1) is 16.9. The van der Waals surface area contributed by atoms with Crippen molar-refractivity contribution in [1.29, 1.82) is 0 Å². The molecule has 1 aliphatic heterocycles. The molecule has 5 N–H and O–H groups in total. The fourth-order valence-electron chi connectivity index (χ4n) is 2.89. The Bertz CT molecular complexity index is 1100. The van der Waals surface area contributed by atoms with E-state index in [0.717, 1.165) is 16.2 Å². The van der Waals surface area contributed by atoms with Gasteiger partial charge in [0.05, 0.1) is 35.7 Å². The van der Waals surface area contributed by atoms with E-state index in [1.54, 1.807) is 45.0 Å². The number of alkyl halides is 2. The van der Waals surface area contributed by atoms with Crippen LogP contribution < -0.4 is 17.0 Å². The summed E-state index contributed by atoms with van der Waals surface area (Å²) in [4.78, 5) is 63.0. The van der Waals surface area contributed by atoms with Gasteiger partial charge in [-0.3, -0.25) is 31.0 Å². The van der Waals surface area contributed by atoms with Gasteiger partial charge in [0, 0.05) is 4.88 Å². The van der Waals surface area contributed by atoms with E-state index in [9.17, 15) is 24.0 Å². The summed E-state index contributed by atoms with van der Waals surface area (Å²) in [6, 6.07) is 7.87. The number of amides is 3. The number of imide groups is 1. The highest BCUT2D eigenvalue weighted by atomic mass is 35.5. The van der Waals surface area contributed by atoms with Gasteiger partial charge >= 0.3 is 17.8 Å². The third-order valence-electron chi connectivity index (χ3n) is 4.19. The number of anilines is 1. The molecule has 0 atom stereocenters. The van der Waals surface area contributed by atoms with Gasteiger partial charge < -0.3 is 14.8 Å². The van der Waals surface area contributed by atoms with Crippen LogP contribution in [0, 0.1) is 0 Å². The van der Waals surface area contributed by atoms with Crippen molar-refractivity contribution in [3.8, 4) is 0 Å².